The third kappa shape index (κ3) is 2.09. The molecular formula is C17H19N5O. The monoisotopic (exact) mass is 309 g/mol. The van der Waals surface area contributed by atoms with Crippen LogP contribution in [0.4, 0.5) is 5.82 Å². The van der Waals surface area contributed by atoms with Crippen molar-refractivity contribution in [3.63, 3.8) is 0 Å². The summed E-state index contributed by atoms with van der Waals surface area (Å²) in [5.74, 6) is 0.985. The molecule has 0 saturated carbocycles. The van der Waals surface area contributed by atoms with E-state index in [0.29, 0.717) is 18.7 Å². The molecule has 1 fully saturated rings. The highest BCUT2D eigenvalue weighted by Crippen LogP contribution is 2.43. The van der Waals surface area contributed by atoms with Crippen LogP contribution in [0.5, 0.6) is 0 Å². The summed E-state index contributed by atoms with van der Waals surface area (Å²) >= 11 is 0. The van der Waals surface area contributed by atoms with Gasteiger partial charge in [-0.05, 0) is 18.6 Å². The van der Waals surface area contributed by atoms with Crippen LogP contribution < -0.4 is 4.90 Å². The average Bonchev–Trinajstić information content (AvgIpc) is 2.87. The molecule has 6 nitrogen and oxygen atoms in total. The Labute approximate surface area is 135 Å². The van der Waals surface area contributed by atoms with Crippen molar-refractivity contribution in [2.24, 2.45) is 0 Å². The summed E-state index contributed by atoms with van der Waals surface area (Å²) in [5, 5.41) is 0. The summed E-state index contributed by atoms with van der Waals surface area (Å²) in [6, 6.07) is 3.79. The lowest BCUT2D eigenvalue weighted by Gasteiger charge is -2.47. The third-order valence-corrected chi connectivity index (χ3v) is 4.79. The van der Waals surface area contributed by atoms with Crippen LogP contribution in [0.3, 0.4) is 0 Å². The summed E-state index contributed by atoms with van der Waals surface area (Å²) in [6.07, 6.45) is 6.01. The zero-order chi connectivity index (χ0) is 16.0. The van der Waals surface area contributed by atoms with Crippen molar-refractivity contribution < 1.29 is 4.79 Å². The molecule has 0 unspecified atom stereocenters. The molecule has 0 bridgehead atoms. The highest BCUT2D eigenvalue weighted by Gasteiger charge is 2.53. The first kappa shape index (κ1) is 14.1. The van der Waals surface area contributed by atoms with Crippen LogP contribution in [0.2, 0.25) is 0 Å². The van der Waals surface area contributed by atoms with E-state index in [0.717, 1.165) is 30.2 Å². The van der Waals surface area contributed by atoms with E-state index in [1.54, 1.807) is 18.6 Å². The van der Waals surface area contributed by atoms with Gasteiger partial charge >= 0.3 is 0 Å². The lowest BCUT2D eigenvalue weighted by molar-refractivity contribution is 0.0418. The second kappa shape index (κ2) is 5.01. The number of carbonyl (C=O) groups excluding carboxylic acids is 1. The van der Waals surface area contributed by atoms with E-state index in [-0.39, 0.29) is 11.3 Å². The fourth-order valence-electron chi connectivity index (χ4n) is 3.61. The molecule has 2 aromatic rings. The predicted molar refractivity (Wildman–Crippen MR) is 86.5 cm³/mol. The van der Waals surface area contributed by atoms with Crippen LogP contribution in [0.1, 0.15) is 28.7 Å². The van der Waals surface area contributed by atoms with E-state index in [1.807, 2.05) is 24.1 Å². The fourth-order valence-corrected chi connectivity index (χ4v) is 3.61. The lowest BCUT2D eigenvalue weighted by Crippen LogP contribution is -2.63. The highest BCUT2D eigenvalue weighted by atomic mass is 16.2. The molecule has 1 spiro atoms. The number of likely N-dealkylation sites (tertiary alicyclic amines) is 1. The van der Waals surface area contributed by atoms with Gasteiger partial charge in [0.25, 0.3) is 5.91 Å². The topological polar surface area (TPSA) is 62.2 Å². The molecule has 4 rings (SSSR count). The number of nitrogens with zero attached hydrogens (tertiary/aromatic N) is 5. The fraction of sp³-hybridized carbons (Fsp3) is 0.412. The van der Waals surface area contributed by atoms with Crippen LogP contribution >= 0.6 is 0 Å². The first-order chi connectivity index (χ1) is 11.1. The molecule has 6 heteroatoms. The Kier molecular flexibility index (Phi) is 3.07. The molecule has 118 valence electrons. The van der Waals surface area contributed by atoms with Crippen molar-refractivity contribution >= 4 is 11.7 Å². The highest BCUT2D eigenvalue weighted by molar-refractivity contribution is 5.95. The van der Waals surface area contributed by atoms with Crippen molar-refractivity contribution in [1.29, 1.82) is 0 Å². The maximum atomic E-state index is 12.6. The minimum atomic E-state index is -0.0647. The van der Waals surface area contributed by atoms with Crippen LogP contribution in [0, 0.1) is 0 Å². The lowest BCUT2D eigenvalue weighted by atomic mass is 9.78. The first-order valence-electron chi connectivity index (χ1n) is 7.90. The Balaban J connectivity index is 1.52. The molecule has 0 N–H and O–H groups in total. The van der Waals surface area contributed by atoms with Gasteiger partial charge in [0.2, 0.25) is 0 Å². The number of pyridine rings is 1. The molecule has 2 aliphatic heterocycles. The van der Waals surface area contributed by atoms with Crippen LogP contribution in [-0.4, -0.2) is 52.4 Å². The molecule has 1 amide bonds. The van der Waals surface area contributed by atoms with Crippen molar-refractivity contribution in [2.45, 2.75) is 18.8 Å². The molecule has 2 aliphatic rings. The van der Waals surface area contributed by atoms with Crippen molar-refractivity contribution in [1.82, 2.24) is 19.9 Å². The molecular weight excluding hydrogens is 290 g/mol. The summed E-state index contributed by atoms with van der Waals surface area (Å²) in [7, 11) is 2.03. The first-order valence-corrected chi connectivity index (χ1v) is 7.90. The van der Waals surface area contributed by atoms with Crippen LogP contribution in [-0.2, 0) is 11.8 Å². The SMILES string of the molecule is CCc1ccc(C(=O)N2CC3(C2)CN(C)c2nccnc23)cn1. The Morgan fingerprint density at radius 1 is 1.17 bits per heavy atom. The second-order valence-electron chi connectivity index (χ2n) is 6.42. The Morgan fingerprint density at radius 3 is 2.65 bits per heavy atom. The Hall–Kier alpha value is -2.50. The molecule has 0 aromatic carbocycles. The number of amides is 1. The largest absolute Gasteiger partial charge is 0.357 e. The normalized spacial score (nSPS) is 18.0. The van der Waals surface area contributed by atoms with Gasteiger partial charge < -0.3 is 9.80 Å². The molecule has 4 heterocycles. The molecule has 1 saturated heterocycles. The van der Waals surface area contributed by atoms with Gasteiger partial charge in [-0.1, -0.05) is 6.92 Å². The number of anilines is 1. The summed E-state index contributed by atoms with van der Waals surface area (Å²) in [5.41, 5.74) is 2.61. The zero-order valence-corrected chi connectivity index (χ0v) is 13.4. The summed E-state index contributed by atoms with van der Waals surface area (Å²) in [6.45, 7) is 4.30. The average molecular weight is 309 g/mol. The van der Waals surface area contributed by atoms with E-state index in [9.17, 15) is 4.79 Å². The van der Waals surface area contributed by atoms with E-state index in [4.69, 9.17) is 0 Å². The van der Waals surface area contributed by atoms with Crippen LogP contribution in [0.15, 0.2) is 30.7 Å². The third-order valence-electron chi connectivity index (χ3n) is 4.79. The number of aromatic nitrogens is 3. The van der Waals surface area contributed by atoms with Crippen molar-refractivity contribution in [3.05, 3.63) is 47.7 Å². The number of carbonyl (C=O) groups is 1. The molecule has 2 aromatic heterocycles. The smallest absolute Gasteiger partial charge is 0.255 e. The minimum absolute atomic E-state index is 0.0470. The van der Waals surface area contributed by atoms with Gasteiger partial charge in [0.15, 0.2) is 5.82 Å². The van der Waals surface area contributed by atoms with Gasteiger partial charge in [-0.3, -0.25) is 14.8 Å². The second-order valence-corrected chi connectivity index (χ2v) is 6.42. The quantitative estimate of drug-likeness (QED) is 0.836. The van der Waals surface area contributed by atoms with Gasteiger partial charge in [0.1, 0.15) is 0 Å². The van der Waals surface area contributed by atoms with E-state index >= 15 is 0 Å². The molecule has 23 heavy (non-hydrogen) atoms. The van der Waals surface area contributed by atoms with Crippen molar-refractivity contribution in [3.8, 4) is 0 Å². The standard InChI is InChI=1S/C17H19N5O/c1-3-13-5-4-12(8-20-13)16(23)22-10-17(11-22)9-21(2)15-14(17)18-6-7-19-15/h4-8H,3,9-11H2,1-2H3. The maximum Gasteiger partial charge on any atom is 0.255 e. The van der Waals surface area contributed by atoms with E-state index in [1.165, 1.54) is 0 Å². The number of likely N-dealkylation sites (N-methyl/N-ethyl adjacent to an activating group) is 1. The van der Waals surface area contributed by atoms with Gasteiger partial charge in [-0.25, -0.2) is 4.98 Å². The minimum Gasteiger partial charge on any atom is -0.357 e. The number of aryl methyl sites for hydroxylation is 1. The number of hydrogen-bond donors (Lipinski definition) is 0. The van der Waals surface area contributed by atoms with Gasteiger partial charge in [0.05, 0.1) is 16.7 Å². The number of hydrogen-bond acceptors (Lipinski definition) is 5. The predicted octanol–water partition coefficient (Wildman–Crippen LogP) is 1.28. The van der Waals surface area contributed by atoms with Crippen molar-refractivity contribution in [2.75, 3.05) is 31.6 Å². The van der Waals surface area contributed by atoms with E-state index < -0.39 is 0 Å². The molecule has 0 radical (unpaired) electrons. The summed E-state index contributed by atoms with van der Waals surface area (Å²) in [4.78, 5) is 29.9. The Morgan fingerprint density at radius 2 is 1.96 bits per heavy atom. The zero-order valence-electron chi connectivity index (χ0n) is 13.4. The van der Waals surface area contributed by atoms with Crippen LogP contribution in [0.25, 0.3) is 0 Å². The van der Waals surface area contributed by atoms with Gasteiger partial charge in [-0.2, -0.15) is 0 Å². The van der Waals surface area contributed by atoms with E-state index in [2.05, 4.69) is 26.8 Å². The number of rotatable bonds is 2. The molecule has 0 atom stereocenters. The van der Waals surface area contributed by atoms with Gasteiger partial charge in [-0.15, -0.1) is 0 Å². The summed E-state index contributed by atoms with van der Waals surface area (Å²) < 4.78 is 0. The molecule has 0 aliphatic carbocycles. The number of fused-ring (bicyclic) bond motifs is 2. The van der Waals surface area contributed by atoms with Gasteiger partial charge in [0, 0.05) is 51.0 Å². The maximum absolute atomic E-state index is 12.6. The Bertz CT molecular complexity index is 752.